The fraction of sp³-hybridized carbons (Fsp3) is 0.917. The van der Waals surface area contributed by atoms with Crippen LogP contribution in [0.25, 0.3) is 0 Å². The van der Waals surface area contributed by atoms with Gasteiger partial charge >= 0.3 is 6.03 Å². The average Bonchev–Trinajstić information content (AvgIpc) is 2.26. The van der Waals surface area contributed by atoms with Crippen molar-refractivity contribution in [3.8, 4) is 0 Å². The molecule has 1 rings (SSSR count). The molecule has 5 nitrogen and oxygen atoms in total. The summed E-state index contributed by atoms with van der Waals surface area (Å²) in [6.07, 6.45) is -0.00543. The summed E-state index contributed by atoms with van der Waals surface area (Å²) in [6.45, 7) is 9.33. The zero-order valence-corrected chi connectivity index (χ0v) is 11.3. The van der Waals surface area contributed by atoms with Gasteiger partial charge < -0.3 is 19.7 Å². The average molecular weight is 244 g/mol. The van der Waals surface area contributed by atoms with Crippen molar-refractivity contribution in [2.75, 3.05) is 40.0 Å². The largest absolute Gasteiger partial charge is 0.382 e. The van der Waals surface area contributed by atoms with Crippen molar-refractivity contribution in [1.82, 2.24) is 10.2 Å². The zero-order chi connectivity index (χ0) is 12.9. The Morgan fingerprint density at radius 3 is 2.82 bits per heavy atom. The van der Waals surface area contributed by atoms with Gasteiger partial charge in [-0.3, -0.25) is 0 Å². The maximum Gasteiger partial charge on any atom is 0.317 e. The van der Waals surface area contributed by atoms with Crippen molar-refractivity contribution in [1.29, 1.82) is 0 Å². The van der Waals surface area contributed by atoms with Crippen LogP contribution in [0.4, 0.5) is 4.79 Å². The molecule has 0 radical (unpaired) electrons. The molecule has 17 heavy (non-hydrogen) atoms. The van der Waals surface area contributed by atoms with Gasteiger partial charge in [0.25, 0.3) is 0 Å². The van der Waals surface area contributed by atoms with Crippen molar-refractivity contribution in [2.24, 2.45) is 5.41 Å². The Balaban J connectivity index is 2.36. The van der Waals surface area contributed by atoms with Crippen LogP contribution in [0.15, 0.2) is 0 Å². The Kier molecular flexibility index (Phi) is 5.21. The summed E-state index contributed by atoms with van der Waals surface area (Å²) in [7, 11) is 1.64. The molecule has 1 aliphatic rings. The van der Waals surface area contributed by atoms with Gasteiger partial charge in [-0.05, 0) is 5.41 Å². The highest BCUT2D eigenvalue weighted by atomic mass is 16.5. The van der Waals surface area contributed by atoms with Crippen LogP contribution in [0.3, 0.4) is 0 Å². The predicted molar refractivity (Wildman–Crippen MR) is 66.0 cm³/mol. The van der Waals surface area contributed by atoms with E-state index in [0.717, 1.165) is 0 Å². The molecule has 1 saturated heterocycles. The van der Waals surface area contributed by atoms with E-state index in [1.807, 2.05) is 0 Å². The minimum absolute atomic E-state index is 0.00543. The fourth-order valence-corrected chi connectivity index (χ4v) is 1.64. The van der Waals surface area contributed by atoms with Gasteiger partial charge in [0.1, 0.15) is 0 Å². The first-order valence-corrected chi connectivity index (χ1v) is 6.06. The standard InChI is InChI=1S/C12H24N2O3/c1-12(2,3)9-13-11(15)14-5-6-17-10(7-14)8-16-4/h10H,5-9H2,1-4H3,(H,13,15). The molecule has 0 aromatic rings. The number of hydrogen-bond donors (Lipinski definition) is 1. The molecule has 5 heteroatoms. The van der Waals surface area contributed by atoms with Gasteiger partial charge in [0.05, 0.1) is 25.9 Å². The highest BCUT2D eigenvalue weighted by Crippen LogP contribution is 2.11. The van der Waals surface area contributed by atoms with Crippen molar-refractivity contribution in [2.45, 2.75) is 26.9 Å². The zero-order valence-electron chi connectivity index (χ0n) is 11.3. The van der Waals surface area contributed by atoms with E-state index in [-0.39, 0.29) is 17.6 Å². The molecule has 1 atom stereocenters. The monoisotopic (exact) mass is 244 g/mol. The highest BCUT2D eigenvalue weighted by molar-refractivity contribution is 5.74. The second-order valence-corrected chi connectivity index (χ2v) is 5.61. The summed E-state index contributed by atoms with van der Waals surface area (Å²) >= 11 is 0. The number of ether oxygens (including phenoxy) is 2. The van der Waals surface area contributed by atoms with Crippen molar-refractivity contribution in [3.05, 3.63) is 0 Å². The summed E-state index contributed by atoms with van der Waals surface area (Å²) in [4.78, 5) is 13.7. The van der Waals surface area contributed by atoms with Crippen LogP contribution in [-0.2, 0) is 9.47 Å². The van der Waals surface area contributed by atoms with Crippen LogP contribution in [0.2, 0.25) is 0 Å². The Bertz CT molecular complexity index is 249. The number of rotatable bonds is 3. The van der Waals surface area contributed by atoms with E-state index in [4.69, 9.17) is 9.47 Å². The number of carbonyl (C=O) groups is 1. The van der Waals surface area contributed by atoms with E-state index in [1.54, 1.807) is 12.0 Å². The molecule has 0 bridgehead atoms. The molecular weight excluding hydrogens is 220 g/mol. The van der Waals surface area contributed by atoms with Crippen LogP contribution < -0.4 is 5.32 Å². The molecular formula is C12H24N2O3. The quantitative estimate of drug-likeness (QED) is 0.808. The third-order valence-electron chi connectivity index (χ3n) is 2.55. The Hall–Kier alpha value is -0.810. The van der Waals surface area contributed by atoms with Gasteiger partial charge in [0, 0.05) is 20.2 Å². The van der Waals surface area contributed by atoms with Gasteiger partial charge in [0.15, 0.2) is 0 Å². The van der Waals surface area contributed by atoms with Crippen LogP contribution in [0.1, 0.15) is 20.8 Å². The van der Waals surface area contributed by atoms with Gasteiger partial charge in [-0.25, -0.2) is 4.79 Å². The summed E-state index contributed by atoms with van der Waals surface area (Å²) in [5, 5.41) is 2.95. The van der Waals surface area contributed by atoms with Gasteiger partial charge in [0.2, 0.25) is 0 Å². The van der Waals surface area contributed by atoms with Crippen LogP contribution in [-0.4, -0.2) is 57.0 Å². The van der Waals surface area contributed by atoms with E-state index < -0.39 is 0 Å². The summed E-state index contributed by atoms with van der Waals surface area (Å²) < 4.78 is 10.5. The molecule has 1 unspecified atom stereocenters. The second-order valence-electron chi connectivity index (χ2n) is 5.61. The van der Waals surface area contributed by atoms with Gasteiger partial charge in [-0.1, -0.05) is 20.8 Å². The van der Waals surface area contributed by atoms with E-state index in [0.29, 0.717) is 32.8 Å². The third kappa shape index (κ3) is 5.37. The lowest BCUT2D eigenvalue weighted by Crippen LogP contribution is -2.51. The van der Waals surface area contributed by atoms with Crippen LogP contribution >= 0.6 is 0 Å². The molecule has 0 aromatic carbocycles. The summed E-state index contributed by atoms with van der Waals surface area (Å²) in [6, 6.07) is -0.00988. The first-order valence-electron chi connectivity index (χ1n) is 6.06. The molecule has 0 aliphatic carbocycles. The van der Waals surface area contributed by atoms with Crippen LogP contribution in [0, 0.1) is 5.41 Å². The minimum Gasteiger partial charge on any atom is -0.382 e. The molecule has 2 amide bonds. The number of morpholine rings is 1. The number of hydrogen-bond acceptors (Lipinski definition) is 3. The molecule has 1 aliphatic heterocycles. The first-order chi connectivity index (χ1) is 7.92. The smallest absolute Gasteiger partial charge is 0.317 e. The Morgan fingerprint density at radius 2 is 2.24 bits per heavy atom. The lowest BCUT2D eigenvalue weighted by Gasteiger charge is -2.33. The van der Waals surface area contributed by atoms with E-state index in [9.17, 15) is 4.79 Å². The molecule has 0 aromatic heterocycles. The lowest BCUT2D eigenvalue weighted by molar-refractivity contribution is -0.0495. The number of urea groups is 1. The summed E-state index contributed by atoms with van der Waals surface area (Å²) in [5.74, 6) is 0. The van der Waals surface area contributed by atoms with Crippen molar-refractivity contribution < 1.29 is 14.3 Å². The molecule has 100 valence electrons. The second kappa shape index (κ2) is 6.21. The minimum atomic E-state index is -0.00988. The first kappa shape index (κ1) is 14.3. The highest BCUT2D eigenvalue weighted by Gasteiger charge is 2.24. The van der Waals surface area contributed by atoms with Crippen molar-refractivity contribution >= 4 is 6.03 Å². The van der Waals surface area contributed by atoms with Gasteiger partial charge in [-0.2, -0.15) is 0 Å². The number of nitrogens with zero attached hydrogens (tertiary/aromatic N) is 1. The topological polar surface area (TPSA) is 50.8 Å². The summed E-state index contributed by atoms with van der Waals surface area (Å²) in [5.41, 5.74) is 0.105. The molecule has 0 spiro atoms. The van der Waals surface area contributed by atoms with E-state index >= 15 is 0 Å². The number of amides is 2. The molecule has 1 heterocycles. The third-order valence-corrected chi connectivity index (χ3v) is 2.55. The number of carbonyl (C=O) groups excluding carboxylic acids is 1. The Morgan fingerprint density at radius 1 is 1.53 bits per heavy atom. The molecule has 1 N–H and O–H groups in total. The maximum atomic E-state index is 11.9. The Labute approximate surface area is 103 Å². The molecule has 1 fully saturated rings. The van der Waals surface area contributed by atoms with Gasteiger partial charge in [-0.15, -0.1) is 0 Å². The lowest BCUT2D eigenvalue weighted by atomic mass is 9.97. The maximum absolute atomic E-state index is 11.9. The normalized spacial score (nSPS) is 21.4. The van der Waals surface area contributed by atoms with Crippen LogP contribution in [0.5, 0.6) is 0 Å². The fourth-order valence-electron chi connectivity index (χ4n) is 1.64. The molecule has 0 saturated carbocycles. The number of methoxy groups -OCH3 is 1. The van der Waals surface area contributed by atoms with E-state index in [2.05, 4.69) is 26.1 Å². The van der Waals surface area contributed by atoms with E-state index in [1.165, 1.54) is 0 Å². The SMILES string of the molecule is COCC1CN(C(=O)NCC(C)(C)C)CCO1. The number of nitrogens with one attached hydrogen (secondary N) is 1. The predicted octanol–water partition coefficient (Wildman–Crippen LogP) is 1.09. The van der Waals surface area contributed by atoms with Crippen molar-refractivity contribution in [3.63, 3.8) is 0 Å².